The van der Waals surface area contributed by atoms with Gasteiger partial charge in [0.15, 0.2) is 0 Å². The molecule has 0 spiro atoms. The molecule has 1 N–H and O–H groups in total. The van der Waals surface area contributed by atoms with Crippen LogP contribution in [0.25, 0.3) is 0 Å². The lowest BCUT2D eigenvalue weighted by Crippen LogP contribution is -2.38. The fraction of sp³-hybridized carbons (Fsp3) is 0.833. The van der Waals surface area contributed by atoms with E-state index in [1.165, 1.54) is 5.57 Å². The van der Waals surface area contributed by atoms with Gasteiger partial charge in [0.05, 0.1) is 12.2 Å². The molecule has 0 radical (unpaired) electrons. The molecule has 1 aliphatic carbocycles. The van der Waals surface area contributed by atoms with Gasteiger partial charge in [-0.1, -0.05) is 26.8 Å². The maximum absolute atomic E-state index is 9.80. The zero-order valence-electron chi connectivity index (χ0n) is 9.66. The average molecular weight is 198 g/mol. The summed E-state index contributed by atoms with van der Waals surface area (Å²) in [6.07, 6.45) is 2.86. The first-order chi connectivity index (χ1) is 6.61. The third-order valence-electron chi connectivity index (χ3n) is 3.35. The minimum absolute atomic E-state index is 0.211. The van der Waals surface area contributed by atoms with E-state index in [0.717, 1.165) is 13.0 Å². The van der Waals surface area contributed by atoms with Crippen LogP contribution in [0.4, 0.5) is 0 Å². The Morgan fingerprint density at radius 2 is 1.93 bits per heavy atom. The van der Waals surface area contributed by atoms with Gasteiger partial charge in [-0.3, -0.25) is 0 Å². The van der Waals surface area contributed by atoms with Crippen LogP contribution in [0.15, 0.2) is 11.6 Å². The maximum Gasteiger partial charge on any atom is 0.0814 e. The van der Waals surface area contributed by atoms with Crippen LogP contribution in [-0.2, 0) is 4.74 Å². The summed E-state index contributed by atoms with van der Waals surface area (Å²) < 4.78 is 5.74. The van der Waals surface area contributed by atoms with Crippen LogP contribution in [-0.4, -0.2) is 23.9 Å². The molecule has 0 bridgehead atoms. The predicted octanol–water partition coefficient (Wildman–Crippen LogP) is 2.37. The fourth-order valence-electron chi connectivity index (χ4n) is 2.15. The van der Waals surface area contributed by atoms with Gasteiger partial charge in [-0.25, -0.2) is 0 Å². The molecule has 0 saturated carbocycles. The summed E-state index contributed by atoms with van der Waals surface area (Å²) in [6, 6.07) is 0. The van der Waals surface area contributed by atoms with E-state index >= 15 is 0 Å². The first-order valence-corrected chi connectivity index (χ1v) is 5.62. The minimum Gasteiger partial charge on any atom is -0.389 e. The van der Waals surface area contributed by atoms with Crippen molar-refractivity contribution in [2.24, 2.45) is 11.8 Å². The highest BCUT2D eigenvalue weighted by Gasteiger charge is 2.33. The molecular weight excluding hydrogens is 176 g/mol. The summed E-state index contributed by atoms with van der Waals surface area (Å²) >= 11 is 0. The number of ether oxygens (including phenoxy) is 1. The van der Waals surface area contributed by atoms with E-state index in [1.54, 1.807) is 0 Å². The van der Waals surface area contributed by atoms with Crippen molar-refractivity contribution in [1.82, 2.24) is 0 Å². The van der Waals surface area contributed by atoms with Crippen LogP contribution in [0.2, 0.25) is 0 Å². The van der Waals surface area contributed by atoms with Crippen molar-refractivity contribution in [2.45, 2.75) is 46.3 Å². The molecule has 0 amide bonds. The Bertz CT molecular complexity index is 210. The van der Waals surface area contributed by atoms with Crippen molar-refractivity contribution in [3.05, 3.63) is 11.6 Å². The van der Waals surface area contributed by atoms with Crippen molar-refractivity contribution in [1.29, 1.82) is 0 Å². The molecule has 1 rings (SSSR count). The normalized spacial score (nSPS) is 38.2. The Labute approximate surface area is 87.0 Å². The molecule has 2 heteroatoms. The molecular formula is C12H22O2. The molecule has 4 atom stereocenters. The van der Waals surface area contributed by atoms with Crippen molar-refractivity contribution in [2.75, 3.05) is 6.61 Å². The lowest BCUT2D eigenvalue weighted by molar-refractivity contribution is -0.00553. The van der Waals surface area contributed by atoms with Crippen LogP contribution < -0.4 is 0 Å². The summed E-state index contributed by atoms with van der Waals surface area (Å²) in [5.74, 6) is 0.701. The summed E-state index contributed by atoms with van der Waals surface area (Å²) in [7, 11) is 0. The van der Waals surface area contributed by atoms with Gasteiger partial charge < -0.3 is 9.84 Å². The minimum atomic E-state index is -0.295. The number of hydrogen-bond acceptors (Lipinski definition) is 2. The Hall–Kier alpha value is -0.340. The van der Waals surface area contributed by atoms with Gasteiger partial charge in [-0.05, 0) is 30.8 Å². The molecule has 0 aromatic rings. The SMILES string of the molecule is CCOC1C(CC)=CC(O)C(C)C1C. The lowest BCUT2D eigenvalue weighted by Gasteiger charge is -2.37. The van der Waals surface area contributed by atoms with E-state index in [4.69, 9.17) is 4.74 Å². The quantitative estimate of drug-likeness (QED) is 0.705. The second kappa shape index (κ2) is 4.94. The zero-order valence-corrected chi connectivity index (χ0v) is 9.66. The van der Waals surface area contributed by atoms with Gasteiger partial charge in [0.1, 0.15) is 0 Å². The van der Waals surface area contributed by atoms with Crippen LogP contribution in [0.5, 0.6) is 0 Å². The Morgan fingerprint density at radius 1 is 1.29 bits per heavy atom. The summed E-state index contributed by atoms with van der Waals surface area (Å²) in [6.45, 7) is 9.14. The first-order valence-electron chi connectivity index (χ1n) is 5.62. The molecule has 2 nitrogen and oxygen atoms in total. The molecule has 14 heavy (non-hydrogen) atoms. The molecule has 0 fully saturated rings. The van der Waals surface area contributed by atoms with Crippen LogP contribution >= 0.6 is 0 Å². The highest BCUT2D eigenvalue weighted by molar-refractivity contribution is 5.17. The van der Waals surface area contributed by atoms with E-state index in [9.17, 15) is 5.11 Å². The van der Waals surface area contributed by atoms with E-state index in [1.807, 2.05) is 13.0 Å². The Balaban J connectivity index is 2.83. The van der Waals surface area contributed by atoms with Gasteiger partial charge in [-0.2, -0.15) is 0 Å². The molecule has 0 heterocycles. The van der Waals surface area contributed by atoms with Crippen molar-refractivity contribution in [3.63, 3.8) is 0 Å². The molecule has 0 aromatic carbocycles. The number of hydrogen-bond donors (Lipinski definition) is 1. The van der Waals surface area contributed by atoms with Crippen LogP contribution in [0.3, 0.4) is 0 Å². The number of aliphatic hydroxyl groups is 1. The van der Waals surface area contributed by atoms with Gasteiger partial charge in [-0.15, -0.1) is 0 Å². The maximum atomic E-state index is 9.80. The summed E-state index contributed by atoms with van der Waals surface area (Å²) in [5.41, 5.74) is 1.25. The van der Waals surface area contributed by atoms with Gasteiger partial charge in [0.2, 0.25) is 0 Å². The van der Waals surface area contributed by atoms with E-state index in [0.29, 0.717) is 11.8 Å². The number of aliphatic hydroxyl groups excluding tert-OH is 1. The molecule has 1 aliphatic rings. The van der Waals surface area contributed by atoms with Crippen molar-refractivity contribution < 1.29 is 9.84 Å². The summed E-state index contributed by atoms with van der Waals surface area (Å²) in [5, 5.41) is 9.80. The van der Waals surface area contributed by atoms with Gasteiger partial charge >= 0.3 is 0 Å². The van der Waals surface area contributed by atoms with Crippen molar-refractivity contribution >= 4 is 0 Å². The average Bonchev–Trinajstić information content (AvgIpc) is 2.19. The zero-order chi connectivity index (χ0) is 10.7. The second-order valence-electron chi connectivity index (χ2n) is 4.18. The third kappa shape index (κ3) is 2.18. The van der Waals surface area contributed by atoms with E-state index in [-0.39, 0.29) is 12.2 Å². The smallest absolute Gasteiger partial charge is 0.0814 e. The number of rotatable bonds is 3. The third-order valence-corrected chi connectivity index (χ3v) is 3.35. The predicted molar refractivity (Wildman–Crippen MR) is 58.1 cm³/mol. The highest BCUT2D eigenvalue weighted by Crippen LogP contribution is 2.33. The standard InChI is InChI=1S/C12H22O2/c1-5-10-7-11(13)8(3)9(4)12(10)14-6-2/h7-9,11-13H,5-6H2,1-4H3. The topological polar surface area (TPSA) is 29.5 Å². The van der Waals surface area contributed by atoms with Crippen LogP contribution in [0, 0.1) is 11.8 Å². The lowest BCUT2D eigenvalue weighted by atomic mass is 9.77. The molecule has 82 valence electrons. The molecule has 0 aromatic heterocycles. The van der Waals surface area contributed by atoms with Crippen molar-refractivity contribution in [3.8, 4) is 0 Å². The van der Waals surface area contributed by atoms with Gasteiger partial charge in [0.25, 0.3) is 0 Å². The molecule has 0 saturated heterocycles. The fourth-order valence-corrected chi connectivity index (χ4v) is 2.15. The summed E-state index contributed by atoms with van der Waals surface area (Å²) in [4.78, 5) is 0. The molecule has 4 unspecified atom stereocenters. The molecule has 0 aliphatic heterocycles. The second-order valence-corrected chi connectivity index (χ2v) is 4.18. The van der Waals surface area contributed by atoms with E-state index in [2.05, 4.69) is 20.8 Å². The van der Waals surface area contributed by atoms with Gasteiger partial charge in [0, 0.05) is 6.61 Å². The Kier molecular flexibility index (Phi) is 4.14. The van der Waals surface area contributed by atoms with E-state index < -0.39 is 0 Å². The van der Waals surface area contributed by atoms with Crippen LogP contribution in [0.1, 0.15) is 34.1 Å². The largest absolute Gasteiger partial charge is 0.389 e. The highest BCUT2D eigenvalue weighted by atomic mass is 16.5. The first kappa shape index (κ1) is 11.7. The Morgan fingerprint density at radius 3 is 2.43 bits per heavy atom. The monoisotopic (exact) mass is 198 g/mol.